The summed E-state index contributed by atoms with van der Waals surface area (Å²) in [5.41, 5.74) is 0. The largest absolute Gasteiger partial charge is 0.465 e. The average molecular weight is 996 g/mol. The van der Waals surface area contributed by atoms with E-state index in [1.54, 1.807) is 9.80 Å². The van der Waals surface area contributed by atoms with Crippen molar-refractivity contribution in [2.75, 3.05) is 91.9 Å². The molecule has 12 nitrogen and oxygen atoms in total. The van der Waals surface area contributed by atoms with Crippen LogP contribution in [0.4, 0.5) is 9.59 Å². The number of likely N-dealkylation sites (N-methyl/N-ethyl adjacent to an activating group) is 1. The Kier molecular flexibility index (Phi) is 48.1. The Balaban J connectivity index is 5.11. The van der Waals surface area contributed by atoms with E-state index in [2.05, 4.69) is 65.2 Å². The fourth-order valence-corrected chi connectivity index (χ4v) is 8.92. The van der Waals surface area contributed by atoms with E-state index in [4.69, 9.17) is 18.9 Å². The summed E-state index contributed by atoms with van der Waals surface area (Å²) in [7, 11) is 0. The van der Waals surface area contributed by atoms with Crippen LogP contribution in [0.1, 0.15) is 248 Å². The first kappa shape index (κ1) is 67.4. The van der Waals surface area contributed by atoms with Gasteiger partial charge in [-0.3, -0.25) is 14.5 Å². The summed E-state index contributed by atoms with van der Waals surface area (Å²) >= 11 is 0. The van der Waals surface area contributed by atoms with Gasteiger partial charge in [0.15, 0.2) is 0 Å². The molecular formula is C58H114N4O8. The molecule has 0 fully saturated rings. The molecule has 0 atom stereocenters. The van der Waals surface area contributed by atoms with Gasteiger partial charge in [0, 0.05) is 65.2 Å². The molecule has 0 bridgehead atoms. The molecule has 0 saturated heterocycles. The first-order chi connectivity index (χ1) is 34.1. The standard InChI is InChI=1S/C58H114N4O8/c1-9-17-23-27-35-53(36-28-24-18-10-2)51-69-55(63)39-31-33-43-61(41-21-13-5)57(65)67-49-47-60(46-45-59(15-7)16-8)48-50-68-58(66)62(42-22-14-6)44-34-32-40-56(64)70-52-54(37-29-25-19-11-3)38-30-26-20-12-4/h53-54H,9-52H2,1-8H3. The summed E-state index contributed by atoms with van der Waals surface area (Å²) in [6, 6.07) is 0. The average Bonchev–Trinajstić information content (AvgIpc) is 3.36. The molecule has 0 aliphatic rings. The molecule has 414 valence electrons. The lowest BCUT2D eigenvalue weighted by Gasteiger charge is -2.27. The number of ether oxygens (including phenoxy) is 4. The zero-order valence-electron chi connectivity index (χ0n) is 47.3. The van der Waals surface area contributed by atoms with Crippen molar-refractivity contribution in [1.29, 1.82) is 0 Å². The summed E-state index contributed by atoms with van der Waals surface area (Å²) in [6.45, 7) is 25.9. The van der Waals surface area contributed by atoms with Crippen molar-refractivity contribution in [3.8, 4) is 0 Å². The highest BCUT2D eigenvalue weighted by Gasteiger charge is 2.20. The second-order valence-corrected chi connectivity index (χ2v) is 20.2. The van der Waals surface area contributed by atoms with E-state index >= 15 is 0 Å². The van der Waals surface area contributed by atoms with Crippen molar-refractivity contribution in [1.82, 2.24) is 19.6 Å². The number of carbonyl (C=O) groups is 4. The lowest BCUT2D eigenvalue weighted by Crippen LogP contribution is -2.41. The Labute approximate surface area is 432 Å². The Bertz CT molecular complexity index is 1100. The Morgan fingerprint density at radius 3 is 0.986 bits per heavy atom. The van der Waals surface area contributed by atoms with Gasteiger partial charge in [0.25, 0.3) is 0 Å². The summed E-state index contributed by atoms with van der Waals surface area (Å²) < 4.78 is 23.3. The third-order valence-electron chi connectivity index (χ3n) is 13.9. The maximum atomic E-state index is 13.4. The second kappa shape index (κ2) is 50.0. The molecule has 0 aliphatic heterocycles. The van der Waals surface area contributed by atoms with Crippen molar-refractivity contribution in [3.63, 3.8) is 0 Å². The van der Waals surface area contributed by atoms with Crippen LogP contribution in [-0.4, -0.2) is 136 Å². The minimum absolute atomic E-state index is 0.132. The van der Waals surface area contributed by atoms with E-state index in [-0.39, 0.29) is 37.3 Å². The van der Waals surface area contributed by atoms with Gasteiger partial charge in [-0.25, -0.2) is 9.59 Å². The molecule has 0 heterocycles. The number of nitrogens with zero attached hydrogens (tertiary/aromatic N) is 4. The number of unbranched alkanes of at least 4 members (excludes halogenated alkanes) is 16. The topological polar surface area (TPSA) is 118 Å². The zero-order valence-corrected chi connectivity index (χ0v) is 47.3. The van der Waals surface area contributed by atoms with Gasteiger partial charge in [-0.15, -0.1) is 0 Å². The fourth-order valence-electron chi connectivity index (χ4n) is 8.92. The van der Waals surface area contributed by atoms with Crippen LogP contribution in [0.5, 0.6) is 0 Å². The molecule has 0 aromatic carbocycles. The molecular weight excluding hydrogens is 881 g/mol. The van der Waals surface area contributed by atoms with Gasteiger partial charge in [-0.2, -0.15) is 0 Å². The monoisotopic (exact) mass is 995 g/mol. The van der Waals surface area contributed by atoms with Gasteiger partial charge in [-0.1, -0.05) is 171 Å². The highest BCUT2D eigenvalue weighted by atomic mass is 16.6. The quantitative estimate of drug-likeness (QED) is 0.0331. The van der Waals surface area contributed by atoms with Gasteiger partial charge in [-0.05, 0) is 89.1 Å². The maximum Gasteiger partial charge on any atom is 0.409 e. The predicted octanol–water partition coefficient (Wildman–Crippen LogP) is 14.6. The second-order valence-electron chi connectivity index (χ2n) is 20.2. The molecule has 0 spiro atoms. The molecule has 0 aromatic heterocycles. The van der Waals surface area contributed by atoms with E-state index < -0.39 is 0 Å². The molecule has 0 unspecified atom stereocenters. The van der Waals surface area contributed by atoms with Crippen LogP contribution >= 0.6 is 0 Å². The highest BCUT2D eigenvalue weighted by Crippen LogP contribution is 2.21. The van der Waals surface area contributed by atoms with E-state index in [9.17, 15) is 19.2 Å². The minimum Gasteiger partial charge on any atom is -0.465 e. The van der Waals surface area contributed by atoms with Gasteiger partial charge < -0.3 is 33.6 Å². The smallest absolute Gasteiger partial charge is 0.409 e. The molecule has 0 N–H and O–H groups in total. The third kappa shape index (κ3) is 39.9. The summed E-state index contributed by atoms with van der Waals surface area (Å²) in [5.74, 6) is 0.635. The number of rotatable bonds is 51. The predicted molar refractivity (Wildman–Crippen MR) is 292 cm³/mol. The van der Waals surface area contributed by atoms with Crippen molar-refractivity contribution in [3.05, 3.63) is 0 Å². The Morgan fingerprint density at radius 1 is 0.329 bits per heavy atom. The van der Waals surface area contributed by atoms with Crippen LogP contribution in [0.15, 0.2) is 0 Å². The molecule has 0 radical (unpaired) electrons. The summed E-state index contributed by atoms with van der Waals surface area (Å²) in [4.78, 5) is 60.5. The number of hydrogen-bond acceptors (Lipinski definition) is 10. The molecule has 12 heteroatoms. The number of carbonyl (C=O) groups excluding carboxylic acids is 4. The van der Waals surface area contributed by atoms with Crippen LogP contribution in [0.3, 0.4) is 0 Å². The van der Waals surface area contributed by atoms with Gasteiger partial charge in [0.05, 0.1) is 13.2 Å². The molecule has 0 aromatic rings. The fraction of sp³-hybridized carbons (Fsp3) is 0.931. The van der Waals surface area contributed by atoms with Crippen LogP contribution < -0.4 is 0 Å². The van der Waals surface area contributed by atoms with E-state index in [1.807, 2.05) is 0 Å². The van der Waals surface area contributed by atoms with Gasteiger partial charge in [0.2, 0.25) is 0 Å². The molecule has 2 amide bonds. The summed E-state index contributed by atoms with van der Waals surface area (Å²) in [5, 5.41) is 0. The first-order valence-corrected chi connectivity index (χ1v) is 29.7. The van der Waals surface area contributed by atoms with E-state index in [0.717, 1.165) is 77.5 Å². The number of esters is 2. The van der Waals surface area contributed by atoms with Crippen molar-refractivity contribution in [2.24, 2.45) is 11.8 Å². The van der Waals surface area contributed by atoms with Crippen LogP contribution in [-0.2, 0) is 28.5 Å². The van der Waals surface area contributed by atoms with Gasteiger partial charge >= 0.3 is 24.1 Å². The normalized spacial score (nSPS) is 11.5. The van der Waals surface area contributed by atoms with Crippen LogP contribution in [0.2, 0.25) is 0 Å². The Morgan fingerprint density at radius 2 is 0.657 bits per heavy atom. The highest BCUT2D eigenvalue weighted by molar-refractivity contribution is 5.70. The maximum absolute atomic E-state index is 13.4. The number of amides is 2. The van der Waals surface area contributed by atoms with E-state index in [0.29, 0.717) is 103 Å². The van der Waals surface area contributed by atoms with Crippen molar-refractivity contribution >= 4 is 24.1 Å². The molecule has 0 rings (SSSR count). The number of hydrogen-bond donors (Lipinski definition) is 0. The van der Waals surface area contributed by atoms with Crippen LogP contribution in [0.25, 0.3) is 0 Å². The lowest BCUT2D eigenvalue weighted by molar-refractivity contribution is -0.146. The SMILES string of the molecule is CCCCCCC(CCCCCC)COC(=O)CCCCN(CCCC)C(=O)OCCN(CCOC(=O)N(CCCC)CCCCC(=O)OCC(CCCCCC)CCCCCC)CCN(CC)CC. The molecule has 0 aliphatic carbocycles. The molecule has 70 heavy (non-hydrogen) atoms. The summed E-state index contributed by atoms with van der Waals surface area (Å²) in [6.07, 6.45) is 30.9. The van der Waals surface area contributed by atoms with Gasteiger partial charge in [0.1, 0.15) is 13.2 Å². The first-order valence-electron chi connectivity index (χ1n) is 29.7. The zero-order chi connectivity index (χ0) is 51.7. The Hall–Kier alpha value is -2.60. The van der Waals surface area contributed by atoms with Crippen molar-refractivity contribution < 1.29 is 38.1 Å². The van der Waals surface area contributed by atoms with Crippen LogP contribution in [0, 0.1) is 11.8 Å². The molecule has 0 saturated carbocycles. The third-order valence-corrected chi connectivity index (χ3v) is 13.9. The van der Waals surface area contributed by atoms with E-state index in [1.165, 1.54) is 103 Å². The van der Waals surface area contributed by atoms with Crippen molar-refractivity contribution in [2.45, 2.75) is 248 Å². The minimum atomic E-state index is -0.320. The lowest BCUT2D eigenvalue weighted by atomic mass is 9.95.